The molecule has 2 amide bonds. The van der Waals surface area contributed by atoms with Gasteiger partial charge in [-0.05, 0) is 24.3 Å². The summed E-state index contributed by atoms with van der Waals surface area (Å²) < 4.78 is 0. The molecule has 1 aliphatic carbocycles. The van der Waals surface area contributed by atoms with Crippen molar-refractivity contribution in [3.8, 4) is 0 Å². The summed E-state index contributed by atoms with van der Waals surface area (Å²) in [5.74, 6) is 0.968. The molecule has 4 rings (SSSR count). The van der Waals surface area contributed by atoms with Crippen LogP contribution in [-0.4, -0.2) is 52.8 Å². The zero-order valence-corrected chi connectivity index (χ0v) is 17.7. The number of piperazine rings is 1. The second-order valence-electron chi connectivity index (χ2n) is 8.19. The van der Waals surface area contributed by atoms with Gasteiger partial charge in [-0.2, -0.15) is 0 Å². The number of aromatic nitrogens is 1. The van der Waals surface area contributed by atoms with Crippen LogP contribution in [0.4, 0.5) is 0 Å². The Kier molecular flexibility index (Phi) is 6.60. The number of rotatable bonds is 6. The molecule has 0 radical (unpaired) electrons. The molecule has 29 heavy (non-hydrogen) atoms. The number of carbonyl (C=O) groups is 2. The van der Waals surface area contributed by atoms with E-state index in [0.717, 1.165) is 17.1 Å². The summed E-state index contributed by atoms with van der Waals surface area (Å²) in [6.07, 6.45) is 6.78. The van der Waals surface area contributed by atoms with Crippen LogP contribution in [0.15, 0.2) is 35.7 Å². The average Bonchev–Trinajstić information content (AvgIpc) is 3.41. The lowest BCUT2D eigenvalue weighted by atomic mass is 10.0. The first kappa shape index (κ1) is 20.1. The van der Waals surface area contributed by atoms with E-state index in [4.69, 9.17) is 0 Å². The third kappa shape index (κ3) is 5.44. The van der Waals surface area contributed by atoms with E-state index in [0.29, 0.717) is 44.9 Å². The Morgan fingerprint density at radius 2 is 1.62 bits per heavy atom. The molecule has 6 heteroatoms. The fourth-order valence-corrected chi connectivity index (χ4v) is 5.17. The predicted molar refractivity (Wildman–Crippen MR) is 115 cm³/mol. The van der Waals surface area contributed by atoms with Gasteiger partial charge in [0, 0.05) is 44.4 Å². The van der Waals surface area contributed by atoms with Crippen molar-refractivity contribution in [1.82, 2.24) is 14.8 Å². The normalized spacial score (nSPS) is 17.7. The van der Waals surface area contributed by atoms with Gasteiger partial charge < -0.3 is 9.80 Å². The van der Waals surface area contributed by atoms with Crippen molar-refractivity contribution in [3.63, 3.8) is 0 Å². The average molecular weight is 412 g/mol. The Labute approximate surface area is 176 Å². The van der Waals surface area contributed by atoms with E-state index in [-0.39, 0.29) is 11.8 Å². The highest BCUT2D eigenvalue weighted by Gasteiger charge is 2.27. The molecular formula is C23H29N3O2S. The minimum atomic E-state index is 0.115. The van der Waals surface area contributed by atoms with Gasteiger partial charge in [-0.1, -0.05) is 43.2 Å². The van der Waals surface area contributed by atoms with Crippen LogP contribution in [0.5, 0.6) is 0 Å². The first-order valence-electron chi connectivity index (χ1n) is 10.7. The number of hydrogen-bond donors (Lipinski definition) is 0. The standard InChI is InChI=1S/C23H29N3O2S/c27-22(15-19-8-4-5-9-19)25-10-12-26(13-11-25)23(28)16-20-17-29-21(24-20)14-18-6-2-1-3-7-18/h1-3,6-7,17,19H,4-5,8-16H2. The van der Waals surface area contributed by atoms with Gasteiger partial charge in [-0.15, -0.1) is 11.3 Å². The molecule has 1 saturated carbocycles. The molecule has 0 bridgehead atoms. The molecule has 0 atom stereocenters. The fourth-order valence-electron chi connectivity index (χ4n) is 4.34. The second-order valence-corrected chi connectivity index (χ2v) is 9.13. The molecule has 0 unspecified atom stereocenters. The number of nitrogens with zero attached hydrogens (tertiary/aromatic N) is 3. The van der Waals surface area contributed by atoms with Crippen molar-refractivity contribution < 1.29 is 9.59 Å². The van der Waals surface area contributed by atoms with Gasteiger partial charge in [0.15, 0.2) is 0 Å². The lowest BCUT2D eigenvalue weighted by Crippen LogP contribution is -2.51. The van der Waals surface area contributed by atoms with Crippen molar-refractivity contribution in [2.24, 2.45) is 5.92 Å². The van der Waals surface area contributed by atoms with Crippen LogP contribution in [0.3, 0.4) is 0 Å². The summed E-state index contributed by atoms with van der Waals surface area (Å²) >= 11 is 1.62. The molecule has 2 aliphatic rings. The van der Waals surface area contributed by atoms with Gasteiger partial charge in [0.05, 0.1) is 17.1 Å². The zero-order chi connectivity index (χ0) is 20.1. The first-order valence-corrected chi connectivity index (χ1v) is 11.6. The molecule has 1 saturated heterocycles. The van der Waals surface area contributed by atoms with E-state index in [1.54, 1.807) is 11.3 Å². The van der Waals surface area contributed by atoms with Crippen LogP contribution in [0.2, 0.25) is 0 Å². The van der Waals surface area contributed by atoms with Crippen LogP contribution >= 0.6 is 11.3 Å². The number of benzene rings is 1. The van der Waals surface area contributed by atoms with Crippen LogP contribution in [0.1, 0.15) is 48.4 Å². The second kappa shape index (κ2) is 9.53. The summed E-state index contributed by atoms with van der Waals surface area (Å²) in [4.78, 5) is 33.6. The number of amides is 2. The van der Waals surface area contributed by atoms with Crippen LogP contribution in [0.25, 0.3) is 0 Å². The van der Waals surface area contributed by atoms with E-state index in [9.17, 15) is 9.59 Å². The highest BCUT2D eigenvalue weighted by molar-refractivity contribution is 7.09. The van der Waals surface area contributed by atoms with Gasteiger partial charge in [-0.3, -0.25) is 9.59 Å². The number of thiazole rings is 1. The highest BCUT2D eigenvalue weighted by Crippen LogP contribution is 2.28. The molecular weight excluding hydrogens is 382 g/mol. The Morgan fingerprint density at radius 3 is 2.31 bits per heavy atom. The zero-order valence-electron chi connectivity index (χ0n) is 16.9. The van der Waals surface area contributed by atoms with Gasteiger partial charge >= 0.3 is 0 Å². The third-order valence-electron chi connectivity index (χ3n) is 6.05. The maximum Gasteiger partial charge on any atom is 0.228 e. The smallest absolute Gasteiger partial charge is 0.228 e. The summed E-state index contributed by atoms with van der Waals surface area (Å²) in [6.45, 7) is 2.59. The summed E-state index contributed by atoms with van der Waals surface area (Å²) in [5.41, 5.74) is 2.09. The number of hydrogen-bond acceptors (Lipinski definition) is 4. The van der Waals surface area contributed by atoms with E-state index >= 15 is 0 Å². The topological polar surface area (TPSA) is 53.5 Å². The summed E-state index contributed by atoms with van der Waals surface area (Å²) in [6, 6.07) is 10.3. The van der Waals surface area contributed by atoms with E-state index in [1.165, 1.54) is 31.2 Å². The molecule has 1 aromatic heterocycles. The van der Waals surface area contributed by atoms with Crippen LogP contribution in [0, 0.1) is 5.92 Å². The molecule has 0 spiro atoms. The SMILES string of the molecule is O=C(Cc1csc(Cc2ccccc2)n1)N1CCN(C(=O)CC2CCCC2)CC1. The molecule has 5 nitrogen and oxygen atoms in total. The molecule has 2 fully saturated rings. The van der Waals surface area contributed by atoms with Gasteiger partial charge in [0.2, 0.25) is 11.8 Å². The van der Waals surface area contributed by atoms with Crippen molar-refractivity contribution in [2.45, 2.75) is 44.9 Å². The largest absolute Gasteiger partial charge is 0.339 e. The Morgan fingerprint density at radius 1 is 0.966 bits per heavy atom. The fraction of sp³-hybridized carbons (Fsp3) is 0.522. The third-order valence-corrected chi connectivity index (χ3v) is 6.95. The minimum absolute atomic E-state index is 0.115. The lowest BCUT2D eigenvalue weighted by molar-refractivity contribution is -0.139. The number of carbonyl (C=O) groups excluding carboxylic acids is 2. The summed E-state index contributed by atoms with van der Waals surface area (Å²) in [7, 11) is 0. The molecule has 2 heterocycles. The predicted octanol–water partition coefficient (Wildman–Crippen LogP) is 3.53. The Hall–Kier alpha value is -2.21. The Balaban J connectivity index is 1.23. The summed E-state index contributed by atoms with van der Waals surface area (Å²) in [5, 5.41) is 3.04. The lowest BCUT2D eigenvalue weighted by Gasteiger charge is -2.35. The van der Waals surface area contributed by atoms with Gasteiger partial charge in [0.1, 0.15) is 0 Å². The highest BCUT2D eigenvalue weighted by atomic mass is 32.1. The van der Waals surface area contributed by atoms with E-state index in [2.05, 4.69) is 17.1 Å². The molecule has 1 aliphatic heterocycles. The first-order chi connectivity index (χ1) is 14.2. The quantitative estimate of drug-likeness (QED) is 0.731. The van der Waals surface area contributed by atoms with Crippen molar-refractivity contribution >= 4 is 23.2 Å². The maximum absolute atomic E-state index is 12.7. The molecule has 154 valence electrons. The van der Waals surface area contributed by atoms with Crippen molar-refractivity contribution in [3.05, 3.63) is 52.0 Å². The van der Waals surface area contributed by atoms with E-state index < -0.39 is 0 Å². The molecule has 2 aromatic rings. The van der Waals surface area contributed by atoms with E-state index in [1.807, 2.05) is 33.4 Å². The molecule has 1 aromatic carbocycles. The maximum atomic E-state index is 12.7. The van der Waals surface area contributed by atoms with Gasteiger partial charge in [-0.25, -0.2) is 4.98 Å². The van der Waals surface area contributed by atoms with Crippen LogP contribution < -0.4 is 0 Å². The van der Waals surface area contributed by atoms with Gasteiger partial charge in [0.25, 0.3) is 0 Å². The monoisotopic (exact) mass is 411 g/mol. The Bertz CT molecular complexity index is 822. The van der Waals surface area contributed by atoms with Crippen molar-refractivity contribution in [1.29, 1.82) is 0 Å². The minimum Gasteiger partial charge on any atom is -0.339 e. The van der Waals surface area contributed by atoms with Crippen molar-refractivity contribution in [2.75, 3.05) is 26.2 Å². The van der Waals surface area contributed by atoms with Crippen LogP contribution in [-0.2, 0) is 22.4 Å². The molecule has 0 N–H and O–H groups in total.